The van der Waals surface area contributed by atoms with Crippen molar-refractivity contribution in [1.29, 1.82) is 0 Å². The number of hydrogen-bond acceptors (Lipinski definition) is 4. The van der Waals surface area contributed by atoms with E-state index in [1.165, 1.54) is 4.90 Å². The first-order chi connectivity index (χ1) is 10.1. The molecule has 2 N–H and O–H groups in total. The summed E-state index contributed by atoms with van der Waals surface area (Å²) >= 11 is 0. The third kappa shape index (κ3) is 3.21. The number of hydrogen-bond donors (Lipinski definition) is 2. The van der Waals surface area contributed by atoms with Gasteiger partial charge in [0.2, 0.25) is 18.2 Å². The van der Waals surface area contributed by atoms with Gasteiger partial charge in [0.25, 0.3) is 0 Å². The summed E-state index contributed by atoms with van der Waals surface area (Å²) in [5.41, 5.74) is 2.94. The Morgan fingerprint density at radius 2 is 2.19 bits per heavy atom. The van der Waals surface area contributed by atoms with Crippen molar-refractivity contribution in [3.05, 3.63) is 29.3 Å². The number of nitrogens with zero attached hydrogens (tertiary/aromatic N) is 1. The molecule has 6 nitrogen and oxygen atoms in total. The molecule has 0 spiro atoms. The Morgan fingerprint density at radius 1 is 1.43 bits per heavy atom. The average Bonchev–Trinajstić information content (AvgIpc) is 2.46. The summed E-state index contributed by atoms with van der Waals surface area (Å²) in [5.74, 6) is -0.688. The van der Waals surface area contributed by atoms with E-state index < -0.39 is 11.9 Å². The highest BCUT2D eigenvalue weighted by Crippen LogP contribution is 2.23. The number of carbonyl (C=O) groups excluding carboxylic acids is 3. The van der Waals surface area contributed by atoms with Crippen LogP contribution < -0.4 is 10.6 Å². The number of amides is 3. The van der Waals surface area contributed by atoms with Gasteiger partial charge in [-0.2, -0.15) is 0 Å². The topological polar surface area (TPSA) is 78.5 Å². The lowest BCUT2D eigenvalue weighted by Crippen LogP contribution is -2.51. The van der Waals surface area contributed by atoms with Crippen molar-refractivity contribution < 1.29 is 14.4 Å². The largest absolute Gasteiger partial charge is 0.388 e. The van der Waals surface area contributed by atoms with Gasteiger partial charge in [0.15, 0.2) is 0 Å². The van der Waals surface area contributed by atoms with Crippen molar-refractivity contribution in [2.75, 3.05) is 12.4 Å². The Balaban J connectivity index is 2.22. The lowest BCUT2D eigenvalue weighted by Gasteiger charge is -2.30. The normalized spacial score (nSPS) is 18.1. The summed E-state index contributed by atoms with van der Waals surface area (Å²) in [6.07, 6.45) is 1.30. The van der Waals surface area contributed by atoms with Crippen molar-refractivity contribution in [2.45, 2.75) is 32.4 Å². The molecule has 1 fully saturated rings. The molecule has 1 aromatic rings. The zero-order valence-electron chi connectivity index (χ0n) is 12.2. The third-order valence-electron chi connectivity index (χ3n) is 3.77. The standard InChI is InChI=1S/C15H19N3O3/c1-10-4-3-5-12(16-2)11(10)8-18(9-19)13-6-7-14(20)17-15(13)21/h3-5,9,13,16H,6-8H2,1-2H3,(H,17,20,21). The third-order valence-corrected chi connectivity index (χ3v) is 3.77. The van der Waals surface area contributed by atoms with E-state index in [9.17, 15) is 14.4 Å². The fraction of sp³-hybridized carbons (Fsp3) is 0.400. The maximum atomic E-state index is 11.9. The highest BCUT2D eigenvalue weighted by molar-refractivity contribution is 6.00. The zero-order valence-corrected chi connectivity index (χ0v) is 12.2. The molecule has 0 bridgehead atoms. The van der Waals surface area contributed by atoms with Crippen LogP contribution in [0.3, 0.4) is 0 Å². The van der Waals surface area contributed by atoms with Crippen LogP contribution in [0.2, 0.25) is 0 Å². The van der Waals surface area contributed by atoms with E-state index in [1.807, 2.05) is 32.2 Å². The second-order valence-electron chi connectivity index (χ2n) is 5.10. The SMILES string of the molecule is CNc1cccc(C)c1CN(C=O)C1CCC(=O)NC1=O. The molecule has 2 rings (SSSR count). The van der Waals surface area contributed by atoms with Gasteiger partial charge >= 0.3 is 0 Å². The van der Waals surface area contributed by atoms with Crippen LogP contribution in [0.15, 0.2) is 18.2 Å². The Kier molecular flexibility index (Phi) is 4.57. The number of rotatable bonds is 5. The fourth-order valence-electron chi connectivity index (χ4n) is 2.55. The molecule has 1 aliphatic heterocycles. The molecule has 21 heavy (non-hydrogen) atoms. The van der Waals surface area contributed by atoms with Crippen molar-refractivity contribution in [3.63, 3.8) is 0 Å². The first kappa shape index (κ1) is 15.0. The minimum Gasteiger partial charge on any atom is -0.388 e. The average molecular weight is 289 g/mol. The van der Waals surface area contributed by atoms with E-state index in [1.54, 1.807) is 0 Å². The molecule has 3 amide bonds. The quantitative estimate of drug-likeness (QED) is 0.621. The molecule has 1 atom stereocenters. The van der Waals surface area contributed by atoms with E-state index in [4.69, 9.17) is 0 Å². The van der Waals surface area contributed by atoms with Crippen LogP contribution in [0, 0.1) is 6.92 Å². The predicted octanol–water partition coefficient (Wildman–Crippen LogP) is 0.800. The van der Waals surface area contributed by atoms with E-state index in [0.717, 1.165) is 16.8 Å². The number of aryl methyl sites for hydroxylation is 1. The van der Waals surface area contributed by atoms with Gasteiger partial charge in [-0.15, -0.1) is 0 Å². The van der Waals surface area contributed by atoms with E-state index >= 15 is 0 Å². The molecule has 0 aromatic heterocycles. The van der Waals surface area contributed by atoms with Gasteiger partial charge in [-0.3, -0.25) is 19.7 Å². The van der Waals surface area contributed by atoms with Gasteiger partial charge in [-0.25, -0.2) is 0 Å². The molecule has 112 valence electrons. The minimum atomic E-state index is -0.593. The lowest BCUT2D eigenvalue weighted by atomic mass is 10.0. The van der Waals surface area contributed by atoms with Gasteiger partial charge < -0.3 is 10.2 Å². The van der Waals surface area contributed by atoms with Gasteiger partial charge in [0.1, 0.15) is 6.04 Å². The van der Waals surface area contributed by atoms with Gasteiger partial charge in [0.05, 0.1) is 0 Å². The molecule has 1 aromatic carbocycles. The number of nitrogens with one attached hydrogen (secondary N) is 2. The summed E-state index contributed by atoms with van der Waals surface area (Å²) in [6.45, 7) is 2.29. The van der Waals surface area contributed by atoms with E-state index in [-0.39, 0.29) is 12.3 Å². The fourth-order valence-corrected chi connectivity index (χ4v) is 2.55. The Bertz CT molecular complexity index is 571. The first-order valence-corrected chi connectivity index (χ1v) is 6.87. The minimum absolute atomic E-state index is 0.257. The molecule has 1 aliphatic rings. The van der Waals surface area contributed by atoms with Crippen LogP contribution in [0.25, 0.3) is 0 Å². The van der Waals surface area contributed by atoms with E-state index in [0.29, 0.717) is 19.4 Å². The van der Waals surface area contributed by atoms with Crippen LogP contribution in [0.1, 0.15) is 24.0 Å². The monoisotopic (exact) mass is 289 g/mol. The van der Waals surface area contributed by atoms with Crippen LogP contribution in [0.5, 0.6) is 0 Å². The Hall–Kier alpha value is -2.37. The second-order valence-corrected chi connectivity index (χ2v) is 5.10. The highest BCUT2D eigenvalue weighted by Gasteiger charge is 2.31. The first-order valence-electron chi connectivity index (χ1n) is 6.87. The van der Waals surface area contributed by atoms with Gasteiger partial charge in [-0.05, 0) is 30.5 Å². The van der Waals surface area contributed by atoms with Crippen molar-refractivity contribution in [3.8, 4) is 0 Å². The molecule has 0 saturated carbocycles. The van der Waals surface area contributed by atoms with Crippen LogP contribution in [-0.2, 0) is 20.9 Å². The van der Waals surface area contributed by atoms with Crippen molar-refractivity contribution in [2.24, 2.45) is 0 Å². The Morgan fingerprint density at radius 3 is 2.81 bits per heavy atom. The van der Waals surface area contributed by atoms with Crippen molar-refractivity contribution >= 4 is 23.9 Å². The van der Waals surface area contributed by atoms with Gasteiger partial charge in [-0.1, -0.05) is 12.1 Å². The summed E-state index contributed by atoms with van der Waals surface area (Å²) in [5, 5.41) is 5.37. The smallest absolute Gasteiger partial charge is 0.249 e. The maximum Gasteiger partial charge on any atom is 0.249 e. The van der Waals surface area contributed by atoms with Crippen molar-refractivity contribution in [1.82, 2.24) is 10.2 Å². The summed E-state index contributed by atoms with van der Waals surface area (Å²) in [6, 6.07) is 5.23. The molecule has 6 heteroatoms. The van der Waals surface area contributed by atoms with E-state index in [2.05, 4.69) is 10.6 Å². The summed E-state index contributed by atoms with van der Waals surface area (Å²) in [4.78, 5) is 35.9. The van der Waals surface area contributed by atoms with Crippen LogP contribution in [-0.4, -0.2) is 36.2 Å². The highest BCUT2D eigenvalue weighted by atomic mass is 16.2. The molecule has 1 heterocycles. The second kappa shape index (κ2) is 6.39. The predicted molar refractivity (Wildman–Crippen MR) is 78.5 cm³/mol. The number of imide groups is 1. The maximum absolute atomic E-state index is 11.9. The molecule has 1 saturated heterocycles. The molecule has 1 unspecified atom stereocenters. The number of anilines is 1. The molecular weight excluding hydrogens is 270 g/mol. The zero-order chi connectivity index (χ0) is 15.4. The Labute approximate surface area is 123 Å². The van der Waals surface area contributed by atoms with Crippen LogP contribution >= 0.6 is 0 Å². The number of piperidine rings is 1. The number of carbonyl (C=O) groups is 3. The number of benzene rings is 1. The molecular formula is C15H19N3O3. The van der Waals surface area contributed by atoms with Gasteiger partial charge in [0, 0.05) is 25.7 Å². The molecule has 0 aliphatic carbocycles. The van der Waals surface area contributed by atoms with Crippen LogP contribution in [0.4, 0.5) is 5.69 Å². The summed E-state index contributed by atoms with van der Waals surface area (Å²) in [7, 11) is 1.81. The molecule has 0 radical (unpaired) electrons. The lowest BCUT2D eigenvalue weighted by molar-refractivity contribution is -0.141. The summed E-state index contributed by atoms with van der Waals surface area (Å²) < 4.78 is 0.